The van der Waals surface area contributed by atoms with Gasteiger partial charge in [0.05, 0.1) is 0 Å². The number of benzene rings is 1. The SMILES string of the molecule is CC(=O)OCNCc1ccccc1. The maximum absolute atomic E-state index is 10.4. The summed E-state index contributed by atoms with van der Waals surface area (Å²) in [5.74, 6) is -0.263. The van der Waals surface area contributed by atoms with Crippen LogP contribution in [0.25, 0.3) is 0 Å². The van der Waals surface area contributed by atoms with Gasteiger partial charge in [-0.25, -0.2) is 0 Å². The molecule has 0 aliphatic heterocycles. The summed E-state index contributed by atoms with van der Waals surface area (Å²) in [4.78, 5) is 10.4. The van der Waals surface area contributed by atoms with E-state index in [2.05, 4.69) is 5.32 Å². The Balaban J connectivity index is 2.17. The van der Waals surface area contributed by atoms with Gasteiger partial charge in [0.25, 0.3) is 0 Å². The predicted octanol–water partition coefficient (Wildman–Crippen LogP) is 1.30. The van der Waals surface area contributed by atoms with Crippen LogP contribution in [0.4, 0.5) is 0 Å². The van der Waals surface area contributed by atoms with Gasteiger partial charge in [-0.15, -0.1) is 0 Å². The van der Waals surface area contributed by atoms with Crippen molar-refractivity contribution < 1.29 is 9.53 Å². The van der Waals surface area contributed by atoms with Crippen LogP contribution in [0.1, 0.15) is 12.5 Å². The second-order valence-corrected chi connectivity index (χ2v) is 2.69. The maximum Gasteiger partial charge on any atom is 0.303 e. The Morgan fingerprint density at radius 3 is 2.69 bits per heavy atom. The average Bonchev–Trinajstić information content (AvgIpc) is 2.14. The van der Waals surface area contributed by atoms with Crippen LogP contribution in [0, 0.1) is 0 Å². The highest BCUT2D eigenvalue weighted by molar-refractivity contribution is 5.65. The molecular formula is C10H13NO2. The van der Waals surface area contributed by atoms with Gasteiger partial charge in [0.1, 0.15) is 6.73 Å². The molecule has 0 aliphatic rings. The summed E-state index contributed by atoms with van der Waals surface area (Å²) in [5.41, 5.74) is 1.18. The van der Waals surface area contributed by atoms with Crippen LogP contribution in [0.15, 0.2) is 30.3 Å². The number of nitrogens with one attached hydrogen (secondary N) is 1. The zero-order valence-corrected chi connectivity index (χ0v) is 7.62. The molecule has 3 heteroatoms. The van der Waals surface area contributed by atoms with Gasteiger partial charge in [0, 0.05) is 13.5 Å². The Morgan fingerprint density at radius 1 is 1.38 bits per heavy atom. The van der Waals surface area contributed by atoms with Crippen LogP contribution in [-0.4, -0.2) is 12.7 Å². The largest absolute Gasteiger partial charge is 0.450 e. The molecule has 0 atom stereocenters. The van der Waals surface area contributed by atoms with Gasteiger partial charge < -0.3 is 4.74 Å². The smallest absolute Gasteiger partial charge is 0.303 e. The number of esters is 1. The van der Waals surface area contributed by atoms with Crippen LogP contribution in [0.3, 0.4) is 0 Å². The quantitative estimate of drug-likeness (QED) is 0.430. The van der Waals surface area contributed by atoms with Gasteiger partial charge >= 0.3 is 5.97 Å². The van der Waals surface area contributed by atoms with Crippen molar-refractivity contribution in [2.75, 3.05) is 6.73 Å². The van der Waals surface area contributed by atoms with E-state index in [1.807, 2.05) is 30.3 Å². The molecule has 0 bridgehead atoms. The van der Waals surface area contributed by atoms with E-state index in [1.165, 1.54) is 12.5 Å². The molecule has 0 spiro atoms. The maximum atomic E-state index is 10.4. The lowest BCUT2D eigenvalue weighted by molar-refractivity contribution is -0.141. The minimum absolute atomic E-state index is 0.263. The second kappa shape index (κ2) is 5.32. The lowest BCUT2D eigenvalue weighted by atomic mass is 10.2. The monoisotopic (exact) mass is 179 g/mol. The molecule has 0 fully saturated rings. The molecule has 0 unspecified atom stereocenters. The van der Waals surface area contributed by atoms with Crippen molar-refractivity contribution in [1.29, 1.82) is 0 Å². The zero-order valence-electron chi connectivity index (χ0n) is 7.62. The average molecular weight is 179 g/mol. The van der Waals surface area contributed by atoms with Crippen LogP contribution in [0.5, 0.6) is 0 Å². The van der Waals surface area contributed by atoms with Gasteiger partial charge in [-0.1, -0.05) is 30.3 Å². The molecule has 0 saturated carbocycles. The summed E-state index contributed by atoms with van der Waals surface area (Å²) in [6.45, 7) is 2.38. The Bertz CT molecular complexity index is 259. The number of hydrogen-bond acceptors (Lipinski definition) is 3. The Morgan fingerprint density at radius 2 is 2.08 bits per heavy atom. The minimum atomic E-state index is -0.263. The van der Waals surface area contributed by atoms with E-state index in [-0.39, 0.29) is 12.7 Å². The molecule has 1 rings (SSSR count). The van der Waals surface area contributed by atoms with Crippen molar-refractivity contribution in [1.82, 2.24) is 5.32 Å². The number of rotatable bonds is 4. The van der Waals surface area contributed by atoms with Crippen molar-refractivity contribution in [3.05, 3.63) is 35.9 Å². The van der Waals surface area contributed by atoms with E-state index in [4.69, 9.17) is 4.74 Å². The summed E-state index contributed by atoms with van der Waals surface area (Å²) < 4.78 is 4.71. The molecule has 1 N–H and O–H groups in total. The predicted molar refractivity (Wildman–Crippen MR) is 49.9 cm³/mol. The Labute approximate surface area is 77.7 Å². The molecule has 0 amide bonds. The topological polar surface area (TPSA) is 38.3 Å². The number of carbonyl (C=O) groups excluding carboxylic acids is 1. The summed E-state index contributed by atoms with van der Waals surface area (Å²) in [6.07, 6.45) is 0. The highest BCUT2D eigenvalue weighted by Gasteiger charge is 1.92. The molecular weight excluding hydrogens is 166 g/mol. The molecule has 0 heterocycles. The van der Waals surface area contributed by atoms with Gasteiger partial charge in [-0.3, -0.25) is 10.1 Å². The molecule has 3 nitrogen and oxygen atoms in total. The molecule has 0 aromatic heterocycles. The number of ether oxygens (including phenoxy) is 1. The molecule has 13 heavy (non-hydrogen) atoms. The molecule has 1 aromatic rings. The summed E-state index contributed by atoms with van der Waals surface area (Å²) >= 11 is 0. The summed E-state index contributed by atoms with van der Waals surface area (Å²) in [6, 6.07) is 9.95. The zero-order chi connectivity index (χ0) is 9.52. The van der Waals surface area contributed by atoms with Gasteiger partial charge in [0.15, 0.2) is 0 Å². The fourth-order valence-electron chi connectivity index (χ4n) is 0.944. The third-order valence-electron chi connectivity index (χ3n) is 1.55. The van der Waals surface area contributed by atoms with Crippen LogP contribution in [-0.2, 0) is 16.1 Å². The second-order valence-electron chi connectivity index (χ2n) is 2.69. The van der Waals surface area contributed by atoms with Crippen LogP contribution in [0.2, 0.25) is 0 Å². The van der Waals surface area contributed by atoms with E-state index >= 15 is 0 Å². The van der Waals surface area contributed by atoms with E-state index in [1.54, 1.807) is 0 Å². The van der Waals surface area contributed by atoms with E-state index in [9.17, 15) is 4.79 Å². The third-order valence-corrected chi connectivity index (χ3v) is 1.55. The van der Waals surface area contributed by atoms with Crippen molar-refractivity contribution in [2.45, 2.75) is 13.5 Å². The van der Waals surface area contributed by atoms with Gasteiger partial charge in [-0.05, 0) is 5.56 Å². The molecule has 1 aromatic carbocycles. The first-order valence-electron chi connectivity index (χ1n) is 4.17. The van der Waals surface area contributed by atoms with Crippen LogP contribution < -0.4 is 5.32 Å². The van der Waals surface area contributed by atoms with E-state index in [0.29, 0.717) is 6.54 Å². The van der Waals surface area contributed by atoms with Gasteiger partial charge in [-0.2, -0.15) is 0 Å². The summed E-state index contributed by atoms with van der Waals surface area (Å²) in [5, 5.41) is 2.99. The Kier molecular flexibility index (Phi) is 3.99. The first-order chi connectivity index (χ1) is 6.29. The van der Waals surface area contributed by atoms with E-state index < -0.39 is 0 Å². The fraction of sp³-hybridized carbons (Fsp3) is 0.300. The number of carbonyl (C=O) groups is 1. The third kappa shape index (κ3) is 4.28. The number of hydrogen-bond donors (Lipinski definition) is 1. The normalized spacial score (nSPS) is 9.62. The van der Waals surface area contributed by atoms with E-state index in [0.717, 1.165) is 0 Å². The van der Waals surface area contributed by atoms with Gasteiger partial charge in [0.2, 0.25) is 0 Å². The van der Waals surface area contributed by atoms with Crippen molar-refractivity contribution in [2.24, 2.45) is 0 Å². The highest BCUT2D eigenvalue weighted by Crippen LogP contribution is 1.96. The van der Waals surface area contributed by atoms with Crippen molar-refractivity contribution in [3.8, 4) is 0 Å². The fourth-order valence-corrected chi connectivity index (χ4v) is 0.944. The molecule has 0 radical (unpaired) electrons. The Hall–Kier alpha value is -1.35. The standard InChI is InChI=1S/C10H13NO2/c1-9(12)13-8-11-7-10-5-3-2-4-6-10/h2-6,11H,7-8H2,1H3. The van der Waals surface area contributed by atoms with Crippen LogP contribution >= 0.6 is 0 Å². The molecule has 70 valence electrons. The van der Waals surface area contributed by atoms with Crippen molar-refractivity contribution in [3.63, 3.8) is 0 Å². The molecule has 0 aliphatic carbocycles. The first kappa shape index (κ1) is 9.74. The lowest BCUT2D eigenvalue weighted by Crippen LogP contribution is -2.19. The minimum Gasteiger partial charge on any atom is -0.450 e. The molecule has 0 saturated heterocycles. The summed E-state index contributed by atoms with van der Waals surface area (Å²) in [7, 11) is 0. The first-order valence-corrected chi connectivity index (χ1v) is 4.17. The lowest BCUT2D eigenvalue weighted by Gasteiger charge is -2.04. The van der Waals surface area contributed by atoms with Crippen molar-refractivity contribution >= 4 is 5.97 Å². The highest BCUT2D eigenvalue weighted by atomic mass is 16.5.